The summed E-state index contributed by atoms with van der Waals surface area (Å²) in [5, 5.41) is 5.18. The van der Waals surface area contributed by atoms with Crippen molar-refractivity contribution >= 4 is 49.5 Å². The largest absolute Gasteiger partial charge is 0.298 e. The maximum Gasteiger partial charge on any atom is 0.257 e. The van der Waals surface area contributed by atoms with E-state index >= 15 is 0 Å². The highest BCUT2D eigenvalue weighted by atomic mass is 32.2. The molecule has 1 fully saturated rings. The fourth-order valence-corrected chi connectivity index (χ4v) is 5.05. The molecule has 1 aliphatic heterocycles. The lowest BCUT2D eigenvalue weighted by Crippen LogP contribution is -2.16. The summed E-state index contributed by atoms with van der Waals surface area (Å²) in [6.07, 6.45) is 6.93. The Bertz CT molecular complexity index is 882. The van der Waals surface area contributed by atoms with E-state index in [2.05, 4.69) is 10.3 Å². The molecule has 1 amide bonds. The van der Waals surface area contributed by atoms with Gasteiger partial charge in [0.15, 0.2) is 15.0 Å². The molecule has 3 rings (SSSR count). The van der Waals surface area contributed by atoms with Crippen LogP contribution in [0.3, 0.4) is 0 Å². The van der Waals surface area contributed by atoms with Gasteiger partial charge in [0.2, 0.25) is 0 Å². The number of amides is 1. The summed E-state index contributed by atoms with van der Waals surface area (Å²) in [6, 6.07) is 6.49. The predicted octanol–water partition coefficient (Wildman–Crippen LogP) is 3.71. The summed E-state index contributed by atoms with van der Waals surface area (Å²) >= 11 is 3.30. The van der Waals surface area contributed by atoms with Gasteiger partial charge in [-0.05, 0) is 48.0 Å². The second kappa shape index (κ2) is 8.37. The van der Waals surface area contributed by atoms with Crippen LogP contribution in [0.2, 0.25) is 0 Å². The number of hydrogen-bond donors (Lipinski definition) is 1. The molecule has 26 heavy (non-hydrogen) atoms. The van der Waals surface area contributed by atoms with E-state index in [4.69, 9.17) is 0 Å². The monoisotopic (exact) mass is 408 g/mol. The Balaban J connectivity index is 1.91. The van der Waals surface area contributed by atoms with Gasteiger partial charge < -0.3 is 0 Å². The Hall–Kier alpha value is -1.64. The average molecular weight is 409 g/mol. The summed E-state index contributed by atoms with van der Waals surface area (Å²) in [4.78, 5) is 17.2. The number of carbonyl (C=O) groups is 1. The first kappa shape index (κ1) is 19.1. The van der Waals surface area contributed by atoms with Crippen molar-refractivity contribution in [2.24, 2.45) is 5.92 Å². The molecule has 0 radical (unpaired) electrons. The quantitative estimate of drug-likeness (QED) is 0.763. The molecule has 0 unspecified atom stereocenters. The van der Waals surface area contributed by atoms with Crippen molar-refractivity contribution in [1.82, 2.24) is 4.98 Å². The van der Waals surface area contributed by atoms with Crippen molar-refractivity contribution in [3.63, 3.8) is 0 Å². The van der Waals surface area contributed by atoms with E-state index in [-0.39, 0.29) is 10.8 Å². The average Bonchev–Trinajstić information content (AvgIpc) is 3.13. The second-order valence-electron chi connectivity index (χ2n) is 6.12. The Morgan fingerprint density at radius 3 is 2.50 bits per heavy atom. The molecule has 1 N–H and O–H groups in total. The molecule has 8 heteroatoms. The van der Waals surface area contributed by atoms with E-state index in [1.165, 1.54) is 17.6 Å². The number of thioether (sulfide) groups is 1. The number of benzene rings is 1. The van der Waals surface area contributed by atoms with Crippen molar-refractivity contribution in [2.45, 2.75) is 17.7 Å². The zero-order valence-electron chi connectivity index (χ0n) is 14.3. The molecule has 1 aliphatic rings. The lowest BCUT2D eigenvalue weighted by molar-refractivity contribution is -0.111. The van der Waals surface area contributed by atoms with E-state index in [1.807, 2.05) is 17.8 Å². The van der Waals surface area contributed by atoms with Crippen molar-refractivity contribution in [1.29, 1.82) is 0 Å². The number of aromatic nitrogens is 1. The third kappa shape index (κ3) is 4.96. The van der Waals surface area contributed by atoms with Gasteiger partial charge in [-0.2, -0.15) is 11.8 Å². The fourth-order valence-electron chi connectivity index (χ4n) is 2.75. The van der Waals surface area contributed by atoms with Gasteiger partial charge in [0.05, 0.1) is 4.90 Å². The number of anilines is 1. The molecule has 1 aromatic heterocycles. The van der Waals surface area contributed by atoms with E-state index < -0.39 is 9.84 Å². The highest BCUT2D eigenvalue weighted by Crippen LogP contribution is 2.28. The lowest BCUT2D eigenvalue weighted by atomic mass is 9.95. The van der Waals surface area contributed by atoms with Crippen LogP contribution in [0.15, 0.2) is 46.8 Å². The van der Waals surface area contributed by atoms with Crippen LogP contribution in [0.5, 0.6) is 0 Å². The van der Waals surface area contributed by atoms with Gasteiger partial charge in [-0.25, -0.2) is 13.4 Å². The molecular formula is C18H20N2O3S3. The van der Waals surface area contributed by atoms with Gasteiger partial charge in [-0.15, -0.1) is 11.3 Å². The molecule has 1 aromatic carbocycles. The van der Waals surface area contributed by atoms with Crippen LogP contribution in [0, 0.1) is 5.92 Å². The van der Waals surface area contributed by atoms with Crippen LogP contribution in [-0.2, 0) is 14.6 Å². The van der Waals surface area contributed by atoms with Crippen molar-refractivity contribution < 1.29 is 13.2 Å². The Kier molecular flexibility index (Phi) is 6.16. The van der Waals surface area contributed by atoms with E-state index in [9.17, 15) is 13.2 Å². The number of nitrogens with one attached hydrogen (secondary N) is 1. The molecule has 0 spiro atoms. The summed E-state index contributed by atoms with van der Waals surface area (Å²) in [6.45, 7) is 0. The minimum absolute atomic E-state index is 0.217. The van der Waals surface area contributed by atoms with Crippen molar-refractivity contribution in [2.75, 3.05) is 23.1 Å². The summed E-state index contributed by atoms with van der Waals surface area (Å²) < 4.78 is 23.3. The maximum atomic E-state index is 12.8. The van der Waals surface area contributed by atoms with E-state index in [1.54, 1.807) is 35.8 Å². The number of sulfone groups is 1. The number of nitrogens with zero attached hydrogens (tertiary/aromatic N) is 1. The minimum atomic E-state index is -3.26. The van der Waals surface area contributed by atoms with Crippen LogP contribution < -0.4 is 5.32 Å². The van der Waals surface area contributed by atoms with Crippen molar-refractivity contribution in [3.8, 4) is 0 Å². The highest BCUT2D eigenvalue weighted by Gasteiger charge is 2.19. The Labute approximate surface area is 161 Å². The molecule has 0 aliphatic carbocycles. The molecule has 138 valence electrons. The van der Waals surface area contributed by atoms with Gasteiger partial charge in [0.25, 0.3) is 5.91 Å². The first-order valence-electron chi connectivity index (χ1n) is 8.24. The van der Waals surface area contributed by atoms with Crippen LogP contribution in [0.25, 0.3) is 5.57 Å². The second-order valence-corrected chi connectivity index (χ2v) is 10.3. The molecule has 0 atom stereocenters. The van der Waals surface area contributed by atoms with Crippen LogP contribution in [-0.4, -0.2) is 37.1 Å². The molecule has 1 saturated heterocycles. The summed E-state index contributed by atoms with van der Waals surface area (Å²) in [5.74, 6) is 2.32. The number of rotatable bonds is 5. The van der Waals surface area contributed by atoms with Gasteiger partial charge in [-0.1, -0.05) is 18.2 Å². The lowest BCUT2D eigenvalue weighted by Gasteiger charge is -2.19. The third-order valence-electron chi connectivity index (χ3n) is 4.16. The maximum absolute atomic E-state index is 12.8. The highest BCUT2D eigenvalue weighted by molar-refractivity contribution is 7.99. The summed E-state index contributed by atoms with van der Waals surface area (Å²) in [5.41, 5.74) is 1.28. The minimum Gasteiger partial charge on any atom is -0.298 e. The van der Waals surface area contributed by atoms with Crippen LogP contribution >= 0.6 is 23.1 Å². The summed E-state index contributed by atoms with van der Waals surface area (Å²) in [7, 11) is -3.26. The molecule has 2 heterocycles. The molecule has 0 bridgehead atoms. The zero-order valence-corrected chi connectivity index (χ0v) is 16.8. The van der Waals surface area contributed by atoms with Crippen molar-refractivity contribution in [3.05, 3.63) is 47.5 Å². The molecule has 5 nitrogen and oxygen atoms in total. The van der Waals surface area contributed by atoms with E-state index in [0.29, 0.717) is 22.2 Å². The number of allylic oxidation sites excluding steroid dienone is 1. The van der Waals surface area contributed by atoms with E-state index in [0.717, 1.165) is 24.3 Å². The van der Waals surface area contributed by atoms with Gasteiger partial charge in [0.1, 0.15) is 0 Å². The predicted molar refractivity (Wildman–Crippen MR) is 108 cm³/mol. The van der Waals surface area contributed by atoms with Crippen LogP contribution in [0.1, 0.15) is 18.4 Å². The smallest absolute Gasteiger partial charge is 0.257 e. The number of thiazole rings is 1. The van der Waals surface area contributed by atoms with Gasteiger partial charge in [-0.3, -0.25) is 10.1 Å². The standard InChI is InChI=1S/C18H20N2O3S3/c1-26(22,23)15-4-2-14(3-5-15)16(12-13-6-9-24-10-7-13)17(21)20-18-19-8-11-25-18/h2-5,8,11-13H,6-7,9-10H2,1H3,(H,19,20,21)/b16-12+. The number of hydrogen-bond acceptors (Lipinski definition) is 6. The Morgan fingerprint density at radius 1 is 1.23 bits per heavy atom. The normalized spacial score (nSPS) is 16.4. The SMILES string of the molecule is CS(=O)(=O)c1ccc(/C(=C\C2CCSCC2)C(=O)Nc2nccs2)cc1. The van der Waals surface area contributed by atoms with Crippen LogP contribution in [0.4, 0.5) is 5.13 Å². The number of carbonyl (C=O) groups excluding carboxylic acids is 1. The third-order valence-corrected chi connectivity index (χ3v) is 7.02. The first-order valence-corrected chi connectivity index (χ1v) is 12.2. The zero-order chi connectivity index (χ0) is 18.6. The molecule has 2 aromatic rings. The molecule has 0 saturated carbocycles. The van der Waals surface area contributed by atoms with Gasteiger partial charge >= 0.3 is 0 Å². The van der Waals surface area contributed by atoms with Gasteiger partial charge in [0, 0.05) is 23.4 Å². The first-order chi connectivity index (χ1) is 12.4. The Morgan fingerprint density at radius 2 is 1.92 bits per heavy atom. The topological polar surface area (TPSA) is 76.1 Å². The molecular weight excluding hydrogens is 388 g/mol. The fraction of sp³-hybridized carbons (Fsp3) is 0.333.